The Morgan fingerprint density at radius 1 is 1.22 bits per heavy atom. The van der Waals surface area contributed by atoms with Crippen molar-refractivity contribution in [2.24, 2.45) is 0 Å². The van der Waals surface area contributed by atoms with Crippen LogP contribution in [0.15, 0.2) is 12.2 Å². The SMILES string of the molecule is [CH2]CC/C=C/CCCF. The second-order valence-corrected chi connectivity index (χ2v) is 1.94. The van der Waals surface area contributed by atoms with E-state index in [1.807, 2.05) is 6.08 Å². The molecule has 0 amide bonds. The van der Waals surface area contributed by atoms with Crippen molar-refractivity contribution in [1.82, 2.24) is 0 Å². The van der Waals surface area contributed by atoms with Gasteiger partial charge in [-0.25, -0.2) is 0 Å². The first-order valence-corrected chi connectivity index (χ1v) is 3.42. The number of hydrogen-bond donors (Lipinski definition) is 0. The van der Waals surface area contributed by atoms with E-state index in [0.29, 0.717) is 6.42 Å². The molecule has 0 heterocycles. The van der Waals surface area contributed by atoms with Crippen LogP contribution < -0.4 is 0 Å². The molecule has 0 aliphatic carbocycles. The normalized spacial score (nSPS) is 10.9. The number of hydrogen-bond acceptors (Lipinski definition) is 0. The van der Waals surface area contributed by atoms with Gasteiger partial charge in [0.15, 0.2) is 0 Å². The van der Waals surface area contributed by atoms with Gasteiger partial charge < -0.3 is 0 Å². The summed E-state index contributed by atoms with van der Waals surface area (Å²) in [5.41, 5.74) is 0. The molecule has 1 heteroatoms. The Labute approximate surface area is 56.8 Å². The predicted octanol–water partition coefficient (Wildman–Crippen LogP) is 2.91. The number of rotatable bonds is 5. The minimum absolute atomic E-state index is 0.200. The average Bonchev–Trinajstić information content (AvgIpc) is 1.89. The molecule has 0 N–H and O–H groups in total. The van der Waals surface area contributed by atoms with Gasteiger partial charge in [-0.1, -0.05) is 19.1 Å². The van der Waals surface area contributed by atoms with Crippen LogP contribution in [0.1, 0.15) is 25.7 Å². The number of unbranched alkanes of at least 4 members (excludes halogenated alkanes) is 2. The van der Waals surface area contributed by atoms with Crippen LogP contribution in [0.5, 0.6) is 0 Å². The maximum atomic E-state index is 11.5. The van der Waals surface area contributed by atoms with Gasteiger partial charge in [0.1, 0.15) is 0 Å². The quantitative estimate of drug-likeness (QED) is 0.395. The molecule has 0 aliphatic rings. The molecule has 9 heavy (non-hydrogen) atoms. The maximum absolute atomic E-state index is 11.5. The first-order chi connectivity index (χ1) is 4.41. The Bertz CT molecular complexity index is 67.0. The molecule has 0 spiro atoms. The Morgan fingerprint density at radius 3 is 2.44 bits per heavy atom. The van der Waals surface area contributed by atoms with Crippen LogP contribution in [0.25, 0.3) is 0 Å². The van der Waals surface area contributed by atoms with E-state index in [9.17, 15) is 4.39 Å². The molecular weight excluding hydrogens is 115 g/mol. The summed E-state index contributed by atoms with van der Waals surface area (Å²) in [4.78, 5) is 0. The van der Waals surface area contributed by atoms with Gasteiger partial charge in [-0.15, -0.1) is 0 Å². The fraction of sp³-hybridized carbons (Fsp3) is 0.625. The van der Waals surface area contributed by atoms with Crippen molar-refractivity contribution in [3.05, 3.63) is 19.1 Å². The summed E-state index contributed by atoms with van der Waals surface area (Å²) in [6, 6.07) is 0. The molecule has 0 aromatic rings. The van der Waals surface area contributed by atoms with Crippen molar-refractivity contribution in [2.75, 3.05) is 6.67 Å². The Morgan fingerprint density at radius 2 is 1.89 bits per heavy atom. The van der Waals surface area contributed by atoms with Crippen molar-refractivity contribution in [2.45, 2.75) is 25.7 Å². The zero-order valence-electron chi connectivity index (χ0n) is 5.78. The zero-order chi connectivity index (χ0) is 6.95. The maximum Gasteiger partial charge on any atom is 0.0897 e. The van der Waals surface area contributed by atoms with Gasteiger partial charge in [-0.2, -0.15) is 0 Å². The molecule has 0 aliphatic heterocycles. The van der Waals surface area contributed by atoms with Gasteiger partial charge in [0, 0.05) is 0 Å². The Balaban J connectivity index is 2.86. The third kappa shape index (κ3) is 7.67. The topological polar surface area (TPSA) is 0 Å². The van der Waals surface area contributed by atoms with Crippen LogP contribution in [0.3, 0.4) is 0 Å². The molecule has 0 aromatic heterocycles. The fourth-order valence-electron chi connectivity index (χ4n) is 0.549. The first kappa shape index (κ1) is 8.67. The average molecular weight is 129 g/mol. The highest BCUT2D eigenvalue weighted by Crippen LogP contribution is 1.94. The molecule has 0 saturated heterocycles. The van der Waals surface area contributed by atoms with Crippen molar-refractivity contribution >= 4 is 0 Å². The second kappa shape index (κ2) is 7.67. The van der Waals surface area contributed by atoms with Crippen molar-refractivity contribution in [3.8, 4) is 0 Å². The van der Waals surface area contributed by atoms with E-state index >= 15 is 0 Å². The summed E-state index contributed by atoms with van der Waals surface area (Å²) in [5, 5.41) is 0. The van der Waals surface area contributed by atoms with Crippen LogP contribution in [0.2, 0.25) is 0 Å². The highest BCUT2D eigenvalue weighted by molar-refractivity contribution is 4.81. The smallest absolute Gasteiger partial charge is 0.0897 e. The minimum atomic E-state index is -0.200. The lowest BCUT2D eigenvalue weighted by molar-refractivity contribution is 0.475. The number of halogens is 1. The lowest BCUT2D eigenvalue weighted by Gasteiger charge is -1.85. The molecule has 1 radical (unpaired) electrons. The van der Waals surface area contributed by atoms with E-state index in [4.69, 9.17) is 0 Å². The predicted molar refractivity (Wildman–Crippen MR) is 38.9 cm³/mol. The molecule has 0 fully saturated rings. The monoisotopic (exact) mass is 129 g/mol. The molecule has 0 bridgehead atoms. The lowest BCUT2D eigenvalue weighted by Crippen LogP contribution is -1.71. The summed E-state index contributed by atoms with van der Waals surface area (Å²) in [6.45, 7) is 3.48. The van der Waals surface area contributed by atoms with E-state index in [2.05, 4.69) is 13.0 Å². The lowest BCUT2D eigenvalue weighted by atomic mass is 10.2. The summed E-state index contributed by atoms with van der Waals surface area (Å²) in [5.74, 6) is 0. The van der Waals surface area contributed by atoms with Crippen LogP contribution in [-0.4, -0.2) is 6.67 Å². The highest BCUT2D eigenvalue weighted by atomic mass is 19.1. The summed E-state index contributed by atoms with van der Waals surface area (Å²) in [7, 11) is 0. The molecule has 0 unspecified atom stereocenters. The van der Waals surface area contributed by atoms with Crippen LogP contribution in [0.4, 0.5) is 4.39 Å². The van der Waals surface area contributed by atoms with E-state index in [1.54, 1.807) is 0 Å². The van der Waals surface area contributed by atoms with E-state index < -0.39 is 0 Å². The van der Waals surface area contributed by atoms with Crippen molar-refractivity contribution in [3.63, 3.8) is 0 Å². The van der Waals surface area contributed by atoms with Crippen LogP contribution >= 0.6 is 0 Å². The molecule has 53 valence electrons. The first-order valence-electron chi connectivity index (χ1n) is 3.42. The zero-order valence-corrected chi connectivity index (χ0v) is 5.78. The summed E-state index contributed by atoms with van der Waals surface area (Å²) in [6.07, 6.45) is 7.57. The Hall–Kier alpha value is -0.330. The second-order valence-electron chi connectivity index (χ2n) is 1.94. The molecule has 0 rings (SSSR count). The Kier molecular flexibility index (Phi) is 7.39. The molecule has 0 aromatic carbocycles. The number of alkyl halides is 1. The van der Waals surface area contributed by atoms with Gasteiger partial charge in [0.05, 0.1) is 6.67 Å². The largest absolute Gasteiger partial charge is 0.251 e. The van der Waals surface area contributed by atoms with Gasteiger partial charge in [0.2, 0.25) is 0 Å². The molecular formula is C8H14F. The van der Waals surface area contributed by atoms with Gasteiger partial charge >= 0.3 is 0 Å². The van der Waals surface area contributed by atoms with Crippen molar-refractivity contribution in [1.29, 1.82) is 0 Å². The molecule has 0 saturated carbocycles. The summed E-state index contributed by atoms with van der Waals surface area (Å²) >= 11 is 0. The fourth-order valence-corrected chi connectivity index (χ4v) is 0.549. The van der Waals surface area contributed by atoms with Gasteiger partial charge in [0.25, 0.3) is 0 Å². The van der Waals surface area contributed by atoms with Gasteiger partial charge in [-0.3, -0.25) is 4.39 Å². The highest BCUT2D eigenvalue weighted by Gasteiger charge is 1.78. The standard InChI is InChI=1S/C8H14F/c1-2-3-4-5-6-7-8-9/h4-5H,1-3,6-8H2/b5-4+. The van der Waals surface area contributed by atoms with Crippen LogP contribution in [-0.2, 0) is 0 Å². The number of allylic oxidation sites excluding steroid dienone is 2. The van der Waals surface area contributed by atoms with Crippen LogP contribution in [0, 0.1) is 6.92 Å². The third-order valence-corrected chi connectivity index (χ3v) is 1.04. The molecule has 0 atom stereocenters. The summed E-state index contributed by atoms with van der Waals surface area (Å²) < 4.78 is 11.5. The minimum Gasteiger partial charge on any atom is -0.251 e. The van der Waals surface area contributed by atoms with E-state index in [-0.39, 0.29) is 6.67 Å². The van der Waals surface area contributed by atoms with Gasteiger partial charge in [-0.05, 0) is 25.7 Å². The third-order valence-electron chi connectivity index (χ3n) is 1.04. The van der Waals surface area contributed by atoms with E-state index in [0.717, 1.165) is 19.3 Å². The van der Waals surface area contributed by atoms with Crippen molar-refractivity contribution < 1.29 is 4.39 Å². The van der Waals surface area contributed by atoms with E-state index in [1.165, 1.54) is 0 Å². The molecule has 0 nitrogen and oxygen atoms in total.